The van der Waals surface area contributed by atoms with E-state index in [1.165, 1.54) is 18.2 Å². The number of carbonyl (C=O) groups excluding carboxylic acids is 1. The van der Waals surface area contributed by atoms with E-state index in [2.05, 4.69) is 10.4 Å². The predicted molar refractivity (Wildman–Crippen MR) is 112 cm³/mol. The van der Waals surface area contributed by atoms with E-state index in [1.54, 1.807) is 32.8 Å². The largest absolute Gasteiger partial charge is 0.465 e. The monoisotopic (exact) mass is 446 g/mol. The van der Waals surface area contributed by atoms with Crippen LogP contribution in [-0.4, -0.2) is 68.6 Å². The van der Waals surface area contributed by atoms with E-state index >= 15 is 0 Å². The molecule has 170 valence electrons. The van der Waals surface area contributed by atoms with E-state index in [0.29, 0.717) is 16.1 Å². The molecule has 1 aliphatic heterocycles. The molecule has 0 spiro atoms. The van der Waals surface area contributed by atoms with Crippen molar-refractivity contribution < 1.29 is 29.5 Å². The second kappa shape index (κ2) is 7.83. The maximum absolute atomic E-state index is 13.0. The Morgan fingerprint density at radius 1 is 1.22 bits per heavy atom. The summed E-state index contributed by atoms with van der Waals surface area (Å²) in [6, 6.07) is 4.01. The Labute approximate surface area is 182 Å². The molecular weight excluding hydrogens is 424 g/mol. The zero-order valence-electron chi connectivity index (χ0n) is 17.8. The van der Waals surface area contributed by atoms with E-state index in [9.17, 15) is 34.7 Å². The molecule has 2 heterocycles. The maximum atomic E-state index is 13.0. The Balaban J connectivity index is 2.09. The van der Waals surface area contributed by atoms with Gasteiger partial charge < -0.3 is 25.3 Å². The van der Waals surface area contributed by atoms with Gasteiger partial charge in [0.25, 0.3) is 11.6 Å². The Hall–Kier alpha value is -4.16. The van der Waals surface area contributed by atoms with Crippen LogP contribution in [0.4, 0.5) is 26.8 Å². The minimum absolute atomic E-state index is 0.0802. The van der Waals surface area contributed by atoms with Crippen LogP contribution in [0.15, 0.2) is 18.2 Å². The van der Waals surface area contributed by atoms with E-state index in [-0.39, 0.29) is 30.0 Å². The lowest BCUT2D eigenvalue weighted by atomic mass is 9.83. The number of aromatic nitrogens is 2. The van der Waals surface area contributed by atoms with Crippen molar-refractivity contribution in [2.75, 3.05) is 30.9 Å². The minimum Gasteiger partial charge on any atom is -0.465 e. The highest BCUT2D eigenvalue weighted by Gasteiger charge is 2.40. The van der Waals surface area contributed by atoms with Crippen LogP contribution in [0.1, 0.15) is 35.5 Å². The summed E-state index contributed by atoms with van der Waals surface area (Å²) in [5, 5.41) is 37.1. The molecule has 13 nitrogen and oxygen atoms in total. The fourth-order valence-corrected chi connectivity index (χ4v) is 3.66. The molecule has 1 aliphatic rings. The highest BCUT2D eigenvalue weighted by atomic mass is 16.6. The number of rotatable bonds is 4. The van der Waals surface area contributed by atoms with Crippen molar-refractivity contribution in [2.45, 2.75) is 25.8 Å². The first kappa shape index (κ1) is 22.5. The van der Waals surface area contributed by atoms with Crippen molar-refractivity contribution >= 4 is 35.3 Å². The fourth-order valence-electron chi connectivity index (χ4n) is 3.66. The number of carbonyl (C=O) groups is 3. The SMILES string of the molecule is CN(C)c1ccc(C(=O)Nc2c3c(nn2C(=O)O)C(C)(C)CN(C(=O)O)C3)c([N+](=O)[O-])c1. The first-order valence-electron chi connectivity index (χ1n) is 9.44. The van der Waals surface area contributed by atoms with Crippen molar-refractivity contribution in [1.82, 2.24) is 14.7 Å². The highest BCUT2D eigenvalue weighted by Crippen LogP contribution is 2.37. The molecule has 1 aromatic carbocycles. The summed E-state index contributed by atoms with van der Waals surface area (Å²) < 4.78 is 0.551. The fraction of sp³-hybridized carbons (Fsp3) is 0.368. The first-order valence-corrected chi connectivity index (χ1v) is 9.44. The van der Waals surface area contributed by atoms with Crippen LogP contribution in [0.5, 0.6) is 0 Å². The molecule has 32 heavy (non-hydrogen) atoms. The molecule has 1 aromatic heterocycles. The van der Waals surface area contributed by atoms with Crippen molar-refractivity contribution in [3.63, 3.8) is 0 Å². The second-order valence-electron chi connectivity index (χ2n) is 8.20. The zero-order valence-corrected chi connectivity index (χ0v) is 17.8. The van der Waals surface area contributed by atoms with Gasteiger partial charge in [-0.2, -0.15) is 5.10 Å². The standard InChI is InChI=1S/C19H22N6O7/c1-19(2)9-23(17(27)28)8-12-14(19)21-24(18(29)30)15(12)20-16(26)11-6-5-10(22(3)4)7-13(11)25(31)32/h5-7H,8-9H2,1-4H3,(H,20,26)(H,27,28)(H,29,30). The number of anilines is 2. The Morgan fingerprint density at radius 3 is 2.41 bits per heavy atom. The normalized spacial score (nSPS) is 14.4. The molecule has 3 rings (SSSR count). The van der Waals surface area contributed by atoms with Crippen LogP contribution in [0.2, 0.25) is 0 Å². The van der Waals surface area contributed by atoms with Gasteiger partial charge in [0.1, 0.15) is 11.4 Å². The number of benzene rings is 1. The van der Waals surface area contributed by atoms with Gasteiger partial charge in [-0.05, 0) is 12.1 Å². The maximum Gasteiger partial charge on any atom is 0.434 e. The summed E-state index contributed by atoms with van der Waals surface area (Å²) >= 11 is 0. The summed E-state index contributed by atoms with van der Waals surface area (Å²) in [7, 11) is 3.37. The lowest BCUT2D eigenvalue weighted by Gasteiger charge is -2.35. The van der Waals surface area contributed by atoms with Gasteiger partial charge in [0.05, 0.1) is 17.2 Å². The van der Waals surface area contributed by atoms with Crippen LogP contribution >= 0.6 is 0 Å². The van der Waals surface area contributed by atoms with Crippen molar-refractivity contribution in [3.05, 3.63) is 45.1 Å². The molecule has 0 bridgehead atoms. The third-order valence-corrected chi connectivity index (χ3v) is 5.18. The molecule has 2 amide bonds. The van der Waals surface area contributed by atoms with E-state index < -0.39 is 34.1 Å². The average molecular weight is 446 g/mol. The van der Waals surface area contributed by atoms with Crippen molar-refractivity contribution in [1.29, 1.82) is 0 Å². The number of hydrogen-bond acceptors (Lipinski definition) is 7. The van der Waals surface area contributed by atoms with E-state index in [1.807, 2.05) is 0 Å². The van der Waals surface area contributed by atoms with Gasteiger partial charge in [-0.3, -0.25) is 14.9 Å². The quantitative estimate of drug-likeness (QED) is 0.471. The summed E-state index contributed by atoms with van der Waals surface area (Å²) in [5.74, 6) is -1.17. The summed E-state index contributed by atoms with van der Waals surface area (Å²) in [4.78, 5) is 49.9. The summed E-state index contributed by atoms with van der Waals surface area (Å²) in [6.45, 7) is 3.29. The number of hydrogen-bond donors (Lipinski definition) is 3. The van der Waals surface area contributed by atoms with Gasteiger partial charge in [0.2, 0.25) is 0 Å². The van der Waals surface area contributed by atoms with Crippen molar-refractivity contribution in [3.8, 4) is 0 Å². The molecular formula is C19H22N6O7. The summed E-state index contributed by atoms with van der Waals surface area (Å²) in [5.41, 5.74) is -0.530. The number of nitrogens with zero attached hydrogens (tertiary/aromatic N) is 5. The number of fused-ring (bicyclic) bond motifs is 1. The van der Waals surface area contributed by atoms with Gasteiger partial charge in [0, 0.05) is 43.4 Å². The Kier molecular flexibility index (Phi) is 5.51. The van der Waals surface area contributed by atoms with Gasteiger partial charge in [0.15, 0.2) is 0 Å². The smallest absolute Gasteiger partial charge is 0.434 e. The second-order valence-corrected chi connectivity index (χ2v) is 8.20. The lowest BCUT2D eigenvalue weighted by molar-refractivity contribution is -0.385. The molecule has 0 radical (unpaired) electrons. The number of carboxylic acid groups (broad SMARTS) is 2. The lowest BCUT2D eigenvalue weighted by Crippen LogP contribution is -2.44. The molecule has 0 atom stereocenters. The van der Waals surface area contributed by atoms with Gasteiger partial charge in [-0.25, -0.2) is 9.59 Å². The molecule has 0 saturated carbocycles. The third-order valence-electron chi connectivity index (χ3n) is 5.18. The molecule has 0 saturated heterocycles. The Bertz CT molecular complexity index is 1140. The first-order chi connectivity index (χ1) is 14.8. The molecule has 2 aromatic rings. The molecule has 0 unspecified atom stereocenters. The topological polar surface area (TPSA) is 171 Å². The molecule has 0 fully saturated rings. The third kappa shape index (κ3) is 3.91. The van der Waals surface area contributed by atoms with Crippen LogP contribution in [-0.2, 0) is 12.0 Å². The number of nitro benzene ring substituents is 1. The van der Waals surface area contributed by atoms with E-state index in [4.69, 9.17) is 0 Å². The molecule has 13 heteroatoms. The zero-order chi connectivity index (χ0) is 24.0. The van der Waals surface area contributed by atoms with Crippen LogP contribution < -0.4 is 10.2 Å². The number of amides is 2. The van der Waals surface area contributed by atoms with Gasteiger partial charge in [-0.15, -0.1) is 4.68 Å². The minimum atomic E-state index is -1.50. The van der Waals surface area contributed by atoms with Gasteiger partial charge >= 0.3 is 12.2 Å². The van der Waals surface area contributed by atoms with Crippen molar-refractivity contribution in [2.24, 2.45) is 0 Å². The predicted octanol–water partition coefficient (Wildman–Crippen LogP) is 2.41. The van der Waals surface area contributed by atoms with Gasteiger partial charge in [-0.1, -0.05) is 13.8 Å². The molecule has 3 N–H and O–H groups in total. The van der Waals surface area contributed by atoms with Crippen LogP contribution in [0, 0.1) is 10.1 Å². The highest BCUT2D eigenvalue weighted by molar-refractivity contribution is 6.08. The molecule has 0 aliphatic carbocycles. The Morgan fingerprint density at radius 2 is 1.88 bits per heavy atom. The van der Waals surface area contributed by atoms with Crippen LogP contribution in [0.25, 0.3) is 0 Å². The number of nitrogens with one attached hydrogen (secondary N) is 1. The number of nitro groups is 1. The van der Waals surface area contributed by atoms with Crippen LogP contribution in [0.3, 0.4) is 0 Å². The average Bonchev–Trinajstić information content (AvgIpc) is 3.06. The summed E-state index contributed by atoms with van der Waals surface area (Å²) in [6.07, 6.45) is -2.70. The van der Waals surface area contributed by atoms with E-state index in [0.717, 1.165) is 4.90 Å².